The Kier molecular flexibility index (Phi) is 5.10. The molecule has 0 atom stereocenters. The van der Waals surface area contributed by atoms with Gasteiger partial charge < -0.3 is 10.1 Å². The normalized spacial score (nSPS) is 17.6. The fraction of sp³-hybridized carbons (Fsp3) is 0.714. The summed E-state index contributed by atoms with van der Waals surface area (Å²) in [5.74, 6) is 2.53. The highest BCUT2D eigenvalue weighted by atomic mass is 16.5. The number of rotatable bonds is 5. The summed E-state index contributed by atoms with van der Waals surface area (Å²) in [4.78, 5) is 11.5. The molecule has 1 fully saturated rings. The number of likely N-dealkylation sites (tertiary alicyclic amines) is 1. The molecule has 1 aliphatic rings. The number of hydrogen-bond acceptors (Lipinski definition) is 5. The first-order valence-corrected chi connectivity index (χ1v) is 6.95. The number of methoxy groups -OCH3 is 1. The second kappa shape index (κ2) is 6.82. The van der Waals surface area contributed by atoms with Crippen molar-refractivity contribution in [2.45, 2.75) is 26.3 Å². The molecule has 0 aliphatic carbocycles. The maximum absolute atomic E-state index is 5.23. The molecule has 2 heterocycles. The zero-order chi connectivity index (χ0) is 13.7. The van der Waals surface area contributed by atoms with Crippen molar-refractivity contribution in [2.75, 3.05) is 39.2 Å². The van der Waals surface area contributed by atoms with Crippen molar-refractivity contribution in [2.24, 2.45) is 5.92 Å². The summed E-state index contributed by atoms with van der Waals surface area (Å²) in [6.07, 6.45) is 2.41. The topological polar surface area (TPSA) is 50.3 Å². The van der Waals surface area contributed by atoms with Gasteiger partial charge in [-0.3, -0.25) is 4.90 Å². The third-order valence-electron chi connectivity index (χ3n) is 3.63. The predicted octanol–water partition coefficient (Wildman–Crippen LogP) is 1.69. The number of hydrogen-bond donors (Lipinski definition) is 1. The van der Waals surface area contributed by atoms with Crippen molar-refractivity contribution in [1.29, 1.82) is 0 Å². The van der Waals surface area contributed by atoms with Crippen LogP contribution in [0.5, 0.6) is 0 Å². The largest absolute Gasteiger partial charge is 0.384 e. The predicted molar refractivity (Wildman–Crippen MR) is 76.2 cm³/mol. The molecule has 1 aliphatic heterocycles. The molecule has 19 heavy (non-hydrogen) atoms. The number of anilines is 1. The van der Waals surface area contributed by atoms with Crippen LogP contribution in [0.4, 0.5) is 5.82 Å². The molecular formula is C14H24N4O. The van der Waals surface area contributed by atoms with Crippen LogP contribution in [-0.2, 0) is 11.3 Å². The Labute approximate surface area is 115 Å². The number of ether oxygens (including phenoxy) is 1. The van der Waals surface area contributed by atoms with Crippen LogP contribution in [0.15, 0.2) is 6.07 Å². The van der Waals surface area contributed by atoms with Gasteiger partial charge >= 0.3 is 0 Å². The number of aromatic nitrogens is 2. The first kappa shape index (κ1) is 14.2. The van der Waals surface area contributed by atoms with Gasteiger partial charge in [0.25, 0.3) is 0 Å². The highest BCUT2D eigenvalue weighted by Gasteiger charge is 2.19. The van der Waals surface area contributed by atoms with Crippen LogP contribution in [0.3, 0.4) is 0 Å². The highest BCUT2D eigenvalue weighted by Crippen LogP contribution is 2.18. The lowest BCUT2D eigenvalue weighted by Gasteiger charge is -2.31. The fourth-order valence-electron chi connectivity index (χ4n) is 2.58. The molecule has 0 bridgehead atoms. The minimum Gasteiger partial charge on any atom is -0.384 e. The van der Waals surface area contributed by atoms with Gasteiger partial charge in [0.15, 0.2) is 0 Å². The first-order valence-electron chi connectivity index (χ1n) is 6.95. The van der Waals surface area contributed by atoms with Gasteiger partial charge in [0.1, 0.15) is 11.6 Å². The van der Waals surface area contributed by atoms with Crippen LogP contribution in [0, 0.1) is 12.8 Å². The van der Waals surface area contributed by atoms with Gasteiger partial charge in [-0.25, -0.2) is 9.97 Å². The molecule has 5 heteroatoms. The van der Waals surface area contributed by atoms with Crippen LogP contribution in [0.2, 0.25) is 0 Å². The second-order valence-electron chi connectivity index (χ2n) is 5.24. The van der Waals surface area contributed by atoms with E-state index in [4.69, 9.17) is 4.74 Å². The minimum atomic E-state index is 0.715. The summed E-state index contributed by atoms with van der Waals surface area (Å²) < 4.78 is 5.23. The molecule has 1 aromatic heterocycles. The van der Waals surface area contributed by atoms with Gasteiger partial charge in [-0.2, -0.15) is 0 Å². The summed E-state index contributed by atoms with van der Waals surface area (Å²) in [6.45, 7) is 5.96. The number of aryl methyl sites for hydroxylation is 1. The molecule has 0 amide bonds. The Morgan fingerprint density at radius 1 is 1.37 bits per heavy atom. The average Bonchev–Trinajstić information content (AvgIpc) is 2.40. The summed E-state index contributed by atoms with van der Waals surface area (Å²) >= 11 is 0. The summed E-state index contributed by atoms with van der Waals surface area (Å²) in [5.41, 5.74) is 1.02. The van der Waals surface area contributed by atoms with Crippen molar-refractivity contribution < 1.29 is 4.74 Å². The van der Waals surface area contributed by atoms with Gasteiger partial charge in [-0.1, -0.05) is 0 Å². The Balaban J connectivity index is 1.90. The highest BCUT2D eigenvalue weighted by molar-refractivity contribution is 5.34. The van der Waals surface area contributed by atoms with Crippen LogP contribution in [0.1, 0.15) is 24.4 Å². The van der Waals surface area contributed by atoms with E-state index in [-0.39, 0.29) is 0 Å². The summed E-state index contributed by atoms with van der Waals surface area (Å²) in [5, 5.41) is 3.08. The van der Waals surface area contributed by atoms with Gasteiger partial charge in [0, 0.05) is 32.5 Å². The zero-order valence-corrected chi connectivity index (χ0v) is 12.1. The third-order valence-corrected chi connectivity index (χ3v) is 3.63. The molecule has 5 nitrogen and oxygen atoms in total. The lowest BCUT2D eigenvalue weighted by Crippen LogP contribution is -2.35. The van der Waals surface area contributed by atoms with Gasteiger partial charge in [0.2, 0.25) is 0 Å². The zero-order valence-electron chi connectivity index (χ0n) is 12.1. The van der Waals surface area contributed by atoms with Crippen molar-refractivity contribution in [3.8, 4) is 0 Å². The van der Waals surface area contributed by atoms with Gasteiger partial charge in [0.05, 0.1) is 6.54 Å². The summed E-state index contributed by atoms with van der Waals surface area (Å²) in [6, 6.07) is 1.97. The maximum atomic E-state index is 5.23. The van der Waals surface area contributed by atoms with Gasteiger partial charge in [-0.05, 0) is 38.8 Å². The average molecular weight is 264 g/mol. The molecule has 1 saturated heterocycles. The van der Waals surface area contributed by atoms with E-state index in [1.807, 2.05) is 20.0 Å². The smallest absolute Gasteiger partial charge is 0.144 e. The van der Waals surface area contributed by atoms with E-state index < -0.39 is 0 Å². The number of piperidine rings is 1. The number of nitrogens with one attached hydrogen (secondary N) is 1. The van der Waals surface area contributed by atoms with E-state index in [0.717, 1.165) is 43.6 Å². The minimum absolute atomic E-state index is 0.715. The summed E-state index contributed by atoms with van der Waals surface area (Å²) in [7, 11) is 3.67. The Bertz CT molecular complexity index is 402. The molecule has 0 unspecified atom stereocenters. The van der Waals surface area contributed by atoms with Gasteiger partial charge in [-0.15, -0.1) is 0 Å². The number of nitrogens with zero attached hydrogens (tertiary/aromatic N) is 3. The SMILES string of the molecule is CNc1cc(C)nc(CN2CCC(COC)CC2)n1. The second-order valence-corrected chi connectivity index (χ2v) is 5.24. The van der Waals surface area contributed by atoms with E-state index in [9.17, 15) is 0 Å². The van der Waals surface area contributed by atoms with Crippen molar-refractivity contribution >= 4 is 5.82 Å². The van der Waals surface area contributed by atoms with E-state index in [2.05, 4.69) is 20.2 Å². The fourth-order valence-corrected chi connectivity index (χ4v) is 2.58. The van der Waals surface area contributed by atoms with Crippen LogP contribution >= 0.6 is 0 Å². The van der Waals surface area contributed by atoms with E-state index >= 15 is 0 Å². The first-order chi connectivity index (χ1) is 9.21. The molecule has 0 aromatic carbocycles. The van der Waals surface area contributed by atoms with Crippen LogP contribution in [0.25, 0.3) is 0 Å². The Morgan fingerprint density at radius 3 is 2.74 bits per heavy atom. The lowest BCUT2D eigenvalue weighted by molar-refractivity contribution is 0.0957. The van der Waals surface area contributed by atoms with E-state index in [1.165, 1.54) is 12.8 Å². The molecule has 0 spiro atoms. The molecule has 106 valence electrons. The maximum Gasteiger partial charge on any atom is 0.144 e. The van der Waals surface area contributed by atoms with E-state index in [0.29, 0.717) is 5.92 Å². The van der Waals surface area contributed by atoms with Crippen molar-refractivity contribution in [3.05, 3.63) is 17.6 Å². The van der Waals surface area contributed by atoms with Crippen LogP contribution < -0.4 is 5.32 Å². The van der Waals surface area contributed by atoms with E-state index in [1.54, 1.807) is 7.11 Å². The third kappa shape index (κ3) is 4.14. The molecule has 0 saturated carbocycles. The molecule has 1 aromatic rings. The van der Waals surface area contributed by atoms with Crippen LogP contribution in [-0.4, -0.2) is 48.7 Å². The molecule has 1 N–H and O–H groups in total. The monoisotopic (exact) mass is 264 g/mol. The quantitative estimate of drug-likeness (QED) is 0.877. The van der Waals surface area contributed by atoms with Crippen molar-refractivity contribution in [3.63, 3.8) is 0 Å². The standard InChI is InChI=1S/C14H24N4O/c1-11-8-13(15-2)17-14(16-11)9-18-6-4-12(5-7-18)10-19-3/h8,12H,4-7,9-10H2,1-3H3,(H,15,16,17). The molecular weight excluding hydrogens is 240 g/mol. The molecule has 2 rings (SSSR count). The molecule has 0 radical (unpaired) electrons. The Hall–Kier alpha value is -1.20. The van der Waals surface area contributed by atoms with Crippen molar-refractivity contribution in [1.82, 2.24) is 14.9 Å². The Morgan fingerprint density at radius 2 is 2.11 bits per heavy atom. The lowest BCUT2D eigenvalue weighted by atomic mass is 9.98.